The Bertz CT molecular complexity index is 383. The number of carbonyl (C=O) groups excluding carboxylic acids is 1. The summed E-state index contributed by atoms with van der Waals surface area (Å²) >= 11 is 0. The predicted molar refractivity (Wildman–Crippen MR) is 58.0 cm³/mol. The van der Waals surface area contributed by atoms with Crippen LogP contribution in [0.15, 0.2) is 5.16 Å². The number of hydrogen-bond donors (Lipinski definition) is 2. The second-order valence-corrected chi connectivity index (χ2v) is 4.08. The second-order valence-electron chi connectivity index (χ2n) is 4.08. The van der Waals surface area contributed by atoms with Crippen molar-refractivity contribution in [2.24, 2.45) is 5.16 Å². The second kappa shape index (κ2) is 5.32. The number of hydrogen-bond acceptors (Lipinski definition) is 6. The van der Waals surface area contributed by atoms with E-state index >= 15 is 0 Å². The normalized spacial score (nSPS) is 27.6. The Kier molecular flexibility index (Phi) is 3.78. The molecule has 2 rings (SSSR count). The van der Waals surface area contributed by atoms with Crippen LogP contribution in [0.4, 0.5) is 0 Å². The minimum absolute atomic E-state index is 0.0519. The average Bonchev–Trinajstić information content (AvgIpc) is 2.87. The molecule has 2 aliphatic rings. The van der Waals surface area contributed by atoms with Crippen LogP contribution in [-0.2, 0) is 19.2 Å². The molecular formula is C10H14N2O6. The van der Waals surface area contributed by atoms with Crippen LogP contribution in [0.1, 0.15) is 6.42 Å². The first-order valence-electron chi connectivity index (χ1n) is 5.58. The van der Waals surface area contributed by atoms with E-state index in [4.69, 9.17) is 19.8 Å². The number of carboxylic acid groups (broad SMARTS) is 1. The molecule has 0 radical (unpaired) electrons. The van der Waals surface area contributed by atoms with Crippen molar-refractivity contribution in [1.29, 1.82) is 0 Å². The van der Waals surface area contributed by atoms with E-state index in [1.807, 2.05) is 0 Å². The number of aliphatic hydroxyl groups is 1. The third kappa shape index (κ3) is 2.44. The lowest BCUT2D eigenvalue weighted by molar-refractivity contribution is -0.152. The van der Waals surface area contributed by atoms with Crippen molar-refractivity contribution >= 4 is 17.6 Å². The van der Waals surface area contributed by atoms with Gasteiger partial charge in [-0.05, 0) is 0 Å². The summed E-state index contributed by atoms with van der Waals surface area (Å²) in [7, 11) is 0. The largest absolute Gasteiger partial charge is 0.477 e. The number of amides is 1. The van der Waals surface area contributed by atoms with Gasteiger partial charge in [-0.25, -0.2) is 4.79 Å². The number of carboxylic acids is 1. The summed E-state index contributed by atoms with van der Waals surface area (Å²) in [6, 6.07) is -0.413. The van der Waals surface area contributed by atoms with Crippen LogP contribution in [0.2, 0.25) is 0 Å². The fourth-order valence-corrected chi connectivity index (χ4v) is 1.92. The first-order chi connectivity index (χ1) is 8.63. The number of morpholine rings is 1. The van der Waals surface area contributed by atoms with Crippen LogP contribution in [0.25, 0.3) is 0 Å². The number of oxime groups is 1. The predicted octanol–water partition coefficient (Wildman–Crippen LogP) is -1.56. The third-order valence-corrected chi connectivity index (χ3v) is 2.91. The Labute approximate surface area is 103 Å². The lowest BCUT2D eigenvalue weighted by Crippen LogP contribution is -2.53. The van der Waals surface area contributed by atoms with Gasteiger partial charge in [-0.3, -0.25) is 4.79 Å². The maximum absolute atomic E-state index is 12.1. The zero-order chi connectivity index (χ0) is 13.1. The Balaban J connectivity index is 1.98. The van der Waals surface area contributed by atoms with Crippen molar-refractivity contribution in [2.75, 3.05) is 26.4 Å². The highest BCUT2D eigenvalue weighted by atomic mass is 16.6. The fraction of sp³-hybridized carbons (Fsp3) is 0.700. The average molecular weight is 258 g/mol. The van der Waals surface area contributed by atoms with Gasteiger partial charge in [-0.2, -0.15) is 0 Å². The molecule has 0 aliphatic carbocycles. The van der Waals surface area contributed by atoms with Crippen LogP contribution in [0.3, 0.4) is 0 Å². The van der Waals surface area contributed by atoms with Gasteiger partial charge in [0.2, 0.25) is 6.10 Å². The fourth-order valence-electron chi connectivity index (χ4n) is 1.92. The SMILES string of the molecule is O=C(O)C1=NOC(C(=O)N2CCOCC2CO)C1. The lowest BCUT2D eigenvalue weighted by Gasteiger charge is -2.35. The van der Waals surface area contributed by atoms with E-state index in [9.17, 15) is 9.59 Å². The molecule has 0 saturated carbocycles. The van der Waals surface area contributed by atoms with Crippen LogP contribution >= 0.6 is 0 Å². The van der Waals surface area contributed by atoms with Crippen molar-refractivity contribution in [3.05, 3.63) is 0 Å². The first kappa shape index (κ1) is 12.8. The summed E-state index contributed by atoms with van der Waals surface area (Å²) in [5, 5.41) is 21.2. The lowest BCUT2D eigenvalue weighted by atomic mass is 10.1. The molecule has 2 unspecified atom stereocenters. The molecule has 1 saturated heterocycles. The Morgan fingerprint density at radius 1 is 1.50 bits per heavy atom. The van der Waals surface area contributed by atoms with Gasteiger partial charge >= 0.3 is 5.97 Å². The molecule has 0 aromatic carbocycles. The van der Waals surface area contributed by atoms with Crippen molar-refractivity contribution in [3.8, 4) is 0 Å². The summed E-state index contributed by atoms with van der Waals surface area (Å²) in [5.74, 6) is -1.55. The molecule has 100 valence electrons. The molecule has 8 nitrogen and oxygen atoms in total. The zero-order valence-electron chi connectivity index (χ0n) is 9.61. The molecule has 2 heterocycles. The number of aliphatic carboxylic acids is 1. The molecule has 1 amide bonds. The van der Waals surface area contributed by atoms with Crippen molar-refractivity contribution in [3.63, 3.8) is 0 Å². The smallest absolute Gasteiger partial charge is 0.353 e. The monoisotopic (exact) mass is 258 g/mol. The Morgan fingerprint density at radius 2 is 2.28 bits per heavy atom. The van der Waals surface area contributed by atoms with E-state index in [1.54, 1.807) is 0 Å². The van der Waals surface area contributed by atoms with Crippen LogP contribution < -0.4 is 0 Å². The Morgan fingerprint density at radius 3 is 2.89 bits per heavy atom. The minimum Gasteiger partial charge on any atom is -0.477 e. The van der Waals surface area contributed by atoms with Gasteiger partial charge < -0.3 is 24.7 Å². The molecule has 2 N–H and O–H groups in total. The molecule has 0 aromatic rings. The number of ether oxygens (including phenoxy) is 1. The van der Waals surface area contributed by atoms with E-state index < -0.39 is 18.1 Å². The Hall–Kier alpha value is -1.67. The number of rotatable bonds is 3. The molecule has 1 fully saturated rings. The van der Waals surface area contributed by atoms with Gasteiger partial charge in [-0.15, -0.1) is 0 Å². The molecule has 2 aliphatic heterocycles. The molecule has 2 atom stereocenters. The van der Waals surface area contributed by atoms with Gasteiger partial charge in [-0.1, -0.05) is 5.16 Å². The quantitative estimate of drug-likeness (QED) is 0.633. The highest BCUT2D eigenvalue weighted by molar-refractivity contribution is 6.36. The van der Waals surface area contributed by atoms with Gasteiger partial charge in [0.1, 0.15) is 0 Å². The maximum Gasteiger partial charge on any atom is 0.353 e. The molecule has 18 heavy (non-hydrogen) atoms. The third-order valence-electron chi connectivity index (χ3n) is 2.91. The standard InChI is InChI=1S/C10H14N2O6/c13-4-6-5-17-2-1-12(6)9(14)8-3-7(10(15)16)11-18-8/h6,8,13H,1-5H2,(H,15,16). The first-order valence-corrected chi connectivity index (χ1v) is 5.58. The highest BCUT2D eigenvalue weighted by Gasteiger charge is 2.37. The summed E-state index contributed by atoms with van der Waals surface area (Å²) in [4.78, 5) is 29.1. The molecule has 0 aromatic heterocycles. The van der Waals surface area contributed by atoms with Gasteiger partial charge in [0.05, 0.1) is 25.9 Å². The zero-order valence-corrected chi connectivity index (χ0v) is 9.61. The van der Waals surface area contributed by atoms with Crippen molar-refractivity contribution in [2.45, 2.75) is 18.6 Å². The summed E-state index contributed by atoms with van der Waals surface area (Å²) in [5.41, 5.74) is -0.165. The van der Waals surface area contributed by atoms with Gasteiger partial charge in [0.15, 0.2) is 5.71 Å². The van der Waals surface area contributed by atoms with E-state index in [0.717, 1.165) is 0 Å². The number of aliphatic hydroxyl groups excluding tert-OH is 1. The van der Waals surface area contributed by atoms with Crippen LogP contribution in [-0.4, -0.2) is 71.2 Å². The van der Waals surface area contributed by atoms with E-state index in [-0.39, 0.29) is 31.3 Å². The topological polar surface area (TPSA) is 109 Å². The van der Waals surface area contributed by atoms with E-state index in [2.05, 4.69) is 5.16 Å². The summed E-state index contributed by atoms with van der Waals surface area (Å²) in [6.45, 7) is 0.806. The number of carbonyl (C=O) groups is 2. The molecule has 0 spiro atoms. The highest BCUT2D eigenvalue weighted by Crippen LogP contribution is 2.17. The van der Waals surface area contributed by atoms with Crippen LogP contribution in [0.5, 0.6) is 0 Å². The van der Waals surface area contributed by atoms with Gasteiger partial charge in [0.25, 0.3) is 5.91 Å². The number of nitrogens with zero attached hydrogens (tertiary/aromatic N) is 2. The van der Waals surface area contributed by atoms with Crippen LogP contribution in [0, 0.1) is 0 Å². The minimum atomic E-state index is -1.19. The summed E-state index contributed by atoms with van der Waals surface area (Å²) in [6.07, 6.45) is -0.966. The maximum atomic E-state index is 12.1. The molecule has 0 bridgehead atoms. The van der Waals surface area contributed by atoms with Gasteiger partial charge in [0, 0.05) is 13.0 Å². The van der Waals surface area contributed by atoms with E-state index in [0.29, 0.717) is 13.2 Å². The van der Waals surface area contributed by atoms with E-state index in [1.165, 1.54) is 4.90 Å². The molecular weight excluding hydrogens is 244 g/mol. The summed E-state index contributed by atoms with van der Waals surface area (Å²) < 4.78 is 5.16. The van der Waals surface area contributed by atoms with Crippen molar-refractivity contribution < 1.29 is 29.4 Å². The molecule has 8 heteroatoms. The van der Waals surface area contributed by atoms with Crippen molar-refractivity contribution in [1.82, 2.24) is 4.90 Å².